The Labute approximate surface area is 863 Å². The van der Waals surface area contributed by atoms with Gasteiger partial charge in [0.1, 0.15) is 43.3 Å². The molecule has 5 nitrogen and oxygen atoms in total. The molecule has 140 heavy (non-hydrogen) atoms. The van der Waals surface area contributed by atoms with Gasteiger partial charge in [0, 0.05) is 11.6 Å². The molecule has 16 aromatic rings. The molecule has 1 unspecified atom stereocenters. The second-order valence-corrected chi connectivity index (χ2v) is 49.6. The van der Waals surface area contributed by atoms with Crippen molar-refractivity contribution in [2.24, 2.45) is 0 Å². The molecule has 0 radical (unpaired) electrons. The summed E-state index contributed by atoms with van der Waals surface area (Å²) < 4.78 is 162. The van der Waals surface area contributed by atoms with Crippen molar-refractivity contribution >= 4 is 168 Å². The summed E-state index contributed by atoms with van der Waals surface area (Å²) in [4.78, 5) is 0. The number of ether oxygens (including phenoxy) is 4. The van der Waals surface area contributed by atoms with Crippen LogP contribution in [0, 0.1) is 70.5 Å². The fourth-order valence-electron chi connectivity index (χ4n) is 14.9. The normalized spacial score (nSPS) is 11.7. The Kier molecular flexibility index (Phi) is 44.9. The number of allylic oxidation sites excluding steroid dienone is 1. The summed E-state index contributed by atoms with van der Waals surface area (Å²) in [5.74, 6) is -18.7. The zero-order chi connectivity index (χ0) is 99.7. The monoisotopic (exact) mass is 2330 g/mol. The number of rotatable bonds is 23. The number of aliphatic hydroxyl groups is 2. The van der Waals surface area contributed by atoms with Crippen LogP contribution in [0.2, 0.25) is 0 Å². The Morgan fingerprint density at radius 1 is 0.343 bits per heavy atom. The van der Waals surface area contributed by atoms with Gasteiger partial charge in [-0.25, -0.2) is 22.0 Å². The average Bonchev–Trinajstić information content (AvgIpc) is 1.32. The summed E-state index contributed by atoms with van der Waals surface area (Å²) in [5, 5.41) is 27.9. The molecule has 0 heterocycles. The summed E-state index contributed by atoms with van der Waals surface area (Å²) in [5.41, 5.74) is -5.58. The molecule has 16 aromatic carbocycles. The SMILES string of the molecule is C#CC(O)(c1cc(OC(C)C)cc(OC(C)C)c1)c1c(F)c(F)c(F)c(F)c1F.CC(C)Oc1cc([OH+]C(C)C)c2c(c1)C(c1c(F)c(F)c(F)c(F)c1F)=C[C]2=[Ru]([Cl])[Cl].I.[Cl][Ru][Cl].c1ccc(P(c2ccccc2)c2ccccc2)cc1.c1ccc(P(c2ccccc2)c2ccccc2)cc1.c1ccc([PH+](c2ccccc2)c2ccccc2)cc1.c1ccc([PH+](c2ccccc2)c2ccccc2)cc1. The molecule has 2 N–H and O–H groups in total. The summed E-state index contributed by atoms with van der Waals surface area (Å²) in [6, 6.07) is 136. The van der Waals surface area contributed by atoms with E-state index in [4.69, 9.17) is 59.4 Å². The van der Waals surface area contributed by atoms with Crippen LogP contribution in [0.5, 0.6) is 23.0 Å². The minimum Gasteiger partial charge on any atom is -0.0622 e. The van der Waals surface area contributed by atoms with E-state index in [-0.39, 0.29) is 91.7 Å². The van der Waals surface area contributed by atoms with E-state index >= 15 is 0 Å². The third kappa shape index (κ3) is 30.3. The Morgan fingerprint density at radius 2 is 0.571 bits per heavy atom. The molecule has 1 aliphatic carbocycles. The third-order valence-corrected chi connectivity index (χ3v) is 34.0. The molecule has 0 saturated heterocycles. The number of aromatic hydroxyl groups is 1. The average molecular weight is 2330 g/mol. The van der Waals surface area contributed by atoms with Gasteiger partial charge in [0.25, 0.3) is 0 Å². The largest absolute Gasteiger partial charge is 0.102 e. The van der Waals surface area contributed by atoms with Crippen molar-refractivity contribution in [3.05, 3.63) is 486 Å². The van der Waals surface area contributed by atoms with E-state index in [9.17, 15) is 49.0 Å². The van der Waals surface area contributed by atoms with Gasteiger partial charge in [-0.2, -0.15) is 0 Å². The first kappa shape index (κ1) is 112. The molecule has 1 atom stereocenters. The van der Waals surface area contributed by atoms with E-state index in [1.54, 1.807) is 53.5 Å². The fraction of sp³-hybridized carbons (Fsp3) is 0.114. The number of hydrogen-bond donors (Lipinski definition) is 1. The zero-order valence-corrected chi connectivity index (χ0v) is 89.5. The minimum atomic E-state index is -2.99. The number of fused-ring (bicyclic) bond motifs is 1. The van der Waals surface area contributed by atoms with Crippen molar-refractivity contribution in [3.8, 4) is 35.3 Å². The number of halogens is 15. The Morgan fingerprint density at radius 3 is 0.800 bits per heavy atom. The van der Waals surface area contributed by atoms with Gasteiger partial charge in [-0.15, -0.1) is 30.4 Å². The third-order valence-electron chi connectivity index (χ3n) is 20.6. The van der Waals surface area contributed by atoms with Gasteiger partial charge in [-0.05, 0) is 160 Å². The van der Waals surface area contributed by atoms with Gasteiger partial charge < -0.3 is 14.6 Å². The first-order valence-electron chi connectivity index (χ1n) is 43.8. The Hall–Kier alpha value is -9.99. The van der Waals surface area contributed by atoms with Crippen LogP contribution in [0.15, 0.2) is 400 Å². The van der Waals surface area contributed by atoms with Crippen molar-refractivity contribution in [3.63, 3.8) is 0 Å². The maximum absolute atomic E-state index is 14.6. The smallest absolute Gasteiger partial charge is 0.0622 e. The quantitative estimate of drug-likeness (QED) is 0.0101. The van der Waals surface area contributed by atoms with E-state index < -0.39 is 120 Å². The molecule has 0 saturated carbocycles. The van der Waals surface area contributed by atoms with Crippen molar-refractivity contribution < 1.29 is 96.6 Å². The van der Waals surface area contributed by atoms with Gasteiger partial charge >= 0.3 is 224 Å². The Bertz CT molecular complexity index is 5770. The van der Waals surface area contributed by atoms with E-state index in [0.717, 1.165) is 12.1 Å². The summed E-state index contributed by atoms with van der Waals surface area (Å²) in [6.45, 7) is 14.0. The first-order chi connectivity index (χ1) is 67.1. The Balaban J connectivity index is 0.000000174. The molecule has 0 fully saturated rings. The van der Waals surface area contributed by atoms with Gasteiger partial charge in [-0.1, -0.05) is 297 Å². The fourth-order valence-corrected chi connectivity index (χ4v) is 27.1. The number of hydrogen-bond acceptors (Lipinski definition) is 4. The maximum atomic E-state index is 14.6. The predicted octanol–water partition coefficient (Wildman–Crippen LogP) is 26.8. The number of terminal acetylenes is 1. The molecule has 0 aliphatic heterocycles. The summed E-state index contributed by atoms with van der Waals surface area (Å²) in [6.07, 6.45) is 5.52. The van der Waals surface area contributed by atoms with Crippen LogP contribution in [0.4, 0.5) is 43.9 Å². The summed E-state index contributed by atoms with van der Waals surface area (Å²) >= 11 is -3.02. The van der Waals surface area contributed by atoms with Crippen LogP contribution in [0.3, 0.4) is 0 Å². The van der Waals surface area contributed by atoms with Crippen molar-refractivity contribution in [1.82, 2.24) is 0 Å². The molecule has 0 bridgehead atoms. The van der Waals surface area contributed by atoms with Gasteiger partial charge in [0.05, 0.1) is 33.6 Å². The van der Waals surface area contributed by atoms with Crippen molar-refractivity contribution in [2.45, 2.75) is 85.4 Å². The second kappa shape index (κ2) is 56.2. The minimum absolute atomic E-state index is 0. The van der Waals surface area contributed by atoms with Crippen LogP contribution in [0.25, 0.3) is 5.57 Å². The van der Waals surface area contributed by atoms with E-state index in [0.29, 0.717) is 21.2 Å². The molecule has 17 rings (SSSR count). The van der Waals surface area contributed by atoms with Crippen molar-refractivity contribution in [1.29, 1.82) is 0 Å². The molecule has 0 aromatic heterocycles. The molecule has 0 amide bonds. The van der Waals surface area contributed by atoms with Crippen LogP contribution < -0.4 is 77.9 Å². The topological polar surface area (TPSA) is 60.7 Å². The predicted molar refractivity (Wildman–Crippen MR) is 575 cm³/mol. The molecule has 26 heteroatoms. The first-order valence-corrected chi connectivity index (χ1v) is 59.3. The molecule has 724 valence electrons. The van der Waals surface area contributed by atoms with Gasteiger partial charge in [0.15, 0.2) is 28.9 Å². The standard InChI is InChI=1S/C21H19F5O3.C21H17F5O2.4C18H15P.4ClH.HI.2Ru/c1-6-21(27,15-16(22)18(24)20(26)19(25)17(15)23)12-7-13(28-10(2)3)9-14(8-12)29-11(4)5;1-9(2)27-11-7-14-12(15(8-11)28-10(3)4)5-6-13(14)16-17(22)19(24)21(26)20(25)18(16)23;4*1-4-10-16(11-5-1)19(17-12-6-2-7-13-17)18-14-8-3-9-15-18;;;;;;;/h1,7-11,27H,2-5H3;6-10H,1-4H3;4*1-15H;5*1H;;/q;;;;;;;;;;;2*+2/p-1. The zero-order valence-electron chi connectivity index (χ0n) is 76.9. The van der Waals surface area contributed by atoms with E-state index in [1.165, 1.54) is 81.9 Å². The molecular formula is C114H100Cl4F10IO5P4Ru2+3. The van der Waals surface area contributed by atoms with Gasteiger partial charge in [0.2, 0.25) is 5.82 Å². The molecule has 0 spiro atoms. The van der Waals surface area contributed by atoms with E-state index in [2.05, 4.69) is 369 Å². The second-order valence-electron chi connectivity index (χ2n) is 31.8. The van der Waals surface area contributed by atoms with Crippen molar-refractivity contribution in [2.75, 3.05) is 0 Å². The van der Waals surface area contributed by atoms with Crippen LogP contribution >= 0.6 is 94.4 Å². The van der Waals surface area contributed by atoms with Crippen LogP contribution in [-0.2, 0) is 34.3 Å². The molecule has 1 aliphatic rings. The maximum Gasteiger partial charge on any atom is 0.102 e. The van der Waals surface area contributed by atoms with Crippen LogP contribution in [0.1, 0.15) is 83.2 Å². The number of benzene rings is 16. The molecular weight excluding hydrogens is 2230 g/mol. The van der Waals surface area contributed by atoms with Gasteiger partial charge in [-0.3, -0.25) is 0 Å². The van der Waals surface area contributed by atoms with Crippen LogP contribution in [-0.4, -0.2) is 38.4 Å². The van der Waals surface area contributed by atoms with E-state index in [1.807, 2.05) is 13.8 Å². The summed E-state index contributed by atoms with van der Waals surface area (Å²) in [7, 11) is 19.5.